The molecule has 0 radical (unpaired) electrons. The van der Waals surface area contributed by atoms with E-state index in [4.69, 9.17) is 14.2 Å². The number of nitroso groups, excluding NO2 is 1. The first-order valence-electron chi connectivity index (χ1n) is 11.9. The van der Waals surface area contributed by atoms with E-state index in [2.05, 4.69) is 25.8 Å². The van der Waals surface area contributed by atoms with Gasteiger partial charge in [-0.25, -0.2) is 4.98 Å². The summed E-state index contributed by atoms with van der Waals surface area (Å²) < 4.78 is 29.5. The number of methoxy groups -OCH3 is 2. The third-order valence-corrected chi connectivity index (χ3v) is 7.41. The molecule has 3 rings (SSSR count). The van der Waals surface area contributed by atoms with Crippen molar-refractivity contribution in [2.24, 2.45) is 5.18 Å². The van der Waals surface area contributed by atoms with Gasteiger partial charge in [-0.3, -0.25) is 0 Å². The van der Waals surface area contributed by atoms with E-state index < -0.39 is 7.14 Å². The molecule has 1 atom stereocenters. The summed E-state index contributed by atoms with van der Waals surface area (Å²) in [4.78, 5) is 22.6. The van der Waals surface area contributed by atoms with Crippen LogP contribution in [0.15, 0.2) is 47.8 Å². The third-order valence-electron chi connectivity index (χ3n) is 5.86. The fourth-order valence-corrected chi connectivity index (χ4v) is 4.81. The molecule has 38 heavy (non-hydrogen) atoms. The number of nitrogens with one attached hydrogen (secondary N) is 2. The Kier molecular flexibility index (Phi) is 9.79. The average Bonchev–Trinajstić information content (AvgIpc) is 2.88. The van der Waals surface area contributed by atoms with Crippen LogP contribution in [0.4, 0.5) is 28.8 Å². The highest BCUT2D eigenvalue weighted by molar-refractivity contribution is 7.70. The number of likely N-dealkylation sites (N-methyl/N-ethyl adjacent to an activating group) is 1. The molecule has 204 valence electrons. The van der Waals surface area contributed by atoms with E-state index in [1.807, 2.05) is 50.2 Å². The highest BCUT2D eigenvalue weighted by atomic mass is 31.2. The van der Waals surface area contributed by atoms with Crippen LogP contribution in [0.2, 0.25) is 0 Å². The minimum atomic E-state index is -2.52. The van der Waals surface area contributed by atoms with Crippen molar-refractivity contribution in [3.63, 3.8) is 0 Å². The number of hydrogen-bond acceptors (Lipinski definition) is 11. The van der Waals surface area contributed by atoms with Crippen LogP contribution >= 0.6 is 7.14 Å². The molecule has 1 aromatic heterocycles. The molecule has 2 N–H and O–H groups in total. The Bertz CT molecular complexity index is 1310. The van der Waals surface area contributed by atoms with Gasteiger partial charge >= 0.3 is 0 Å². The number of hydrogen-bond donors (Lipinski definition) is 2. The molecule has 0 aliphatic heterocycles. The summed E-state index contributed by atoms with van der Waals surface area (Å²) in [5.41, 5.74) is 2.05. The molecule has 1 unspecified atom stereocenters. The smallest absolute Gasteiger partial charge is 0.229 e. The maximum atomic E-state index is 12.8. The Morgan fingerprint density at radius 2 is 1.79 bits per heavy atom. The molecule has 0 aliphatic carbocycles. The van der Waals surface area contributed by atoms with Crippen molar-refractivity contribution in [3.05, 3.63) is 53.1 Å². The monoisotopic (exact) mass is 542 g/mol. The maximum absolute atomic E-state index is 12.8. The molecule has 0 spiro atoms. The van der Waals surface area contributed by atoms with Crippen molar-refractivity contribution < 1.29 is 18.8 Å². The Morgan fingerprint density at radius 3 is 2.42 bits per heavy atom. The van der Waals surface area contributed by atoms with Gasteiger partial charge in [-0.1, -0.05) is 12.1 Å². The Morgan fingerprint density at radius 1 is 1.05 bits per heavy atom. The quantitative estimate of drug-likeness (QED) is 0.228. The van der Waals surface area contributed by atoms with E-state index in [1.54, 1.807) is 32.7 Å². The molecule has 1 heterocycles. The van der Waals surface area contributed by atoms with Crippen molar-refractivity contribution >= 4 is 41.3 Å². The van der Waals surface area contributed by atoms with Gasteiger partial charge in [0.1, 0.15) is 25.3 Å². The van der Waals surface area contributed by atoms with Gasteiger partial charge < -0.3 is 34.3 Å². The number of anilines is 4. The summed E-state index contributed by atoms with van der Waals surface area (Å²) in [5.74, 6) is 1.52. The summed E-state index contributed by atoms with van der Waals surface area (Å²) >= 11 is 0. The van der Waals surface area contributed by atoms with Gasteiger partial charge in [0.25, 0.3) is 0 Å². The second-order valence-corrected chi connectivity index (χ2v) is 12.5. The molecule has 0 saturated carbocycles. The van der Waals surface area contributed by atoms with Gasteiger partial charge in [0.2, 0.25) is 5.95 Å². The van der Waals surface area contributed by atoms with Crippen LogP contribution in [0.3, 0.4) is 0 Å². The Labute approximate surface area is 223 Å². The zero-order chi connectivity index (χ0) is 27.9. The zero-order valence-electron chi connectivity index (χ0n) is 22.8. The van der Waals surface area contributed by atoms with Crippen LogP contribution in [-0.4, -0.2) is 75.8 Å². The molecular formula is C26H35N6O5P. The van der Waals surface area contributed by atoms with Crippen molar-refractivity contribution in [1.29, 1.82) is 0 Å². The fourth-order valence-electron chi connectivity index (χ4n) is 3.65. The van der Waals surface area contributed by atoms with Gasteiger partial charge in [0, 0.05) is 30.2 Å². The first-order valence-corrected chi connectivity index (χ1v) is 14.5. The van der Waals surface area contributed by atoms with E-state index in [0.717, 1.165) is 10.9 Å². The zero-order valence-corrected chi connectivity index (χ0v) is 23.7. The molecular weight excluding hydrogens is 507 g/mol. The number of para-hydroxylation sites is 1. The minimum absolute atomic E-state index is 0.0189. The molecule has 2 aromatic carbocycles. The second kappa shape index (κ2) is 12.8. The second-order valence-electron chi connectivity index (χ2n) is 9.34. The minimum Gasteiger partial charge on any atom is -0.494 e. The Hall–Kier alpha value is -3.53. The number of benzene rings is 2. The van der Waals surface area contributed by atoms with Gasteiger partial charge in [0.15, 0.2) is 11.4 Å². The maximum Gasteiger partial charge on any atom is 0.229 e. The molecule has 0 fully saturated rings. The normalized spacial score (nSPS) is 12.2. The van der Waals surface area contributed by atoms with E-state index in [0.29, 0.717) is 36.2 Å². The third kappa shape index (κ3) is 7.28. The van der Waals surface area contributed by atoms with Crippen LogP contribution < -0.4 is 25.4 Å². The molecule has 0 saturated heterocycles. The van der Waals surface area contributed by atoms with Crippen LogP contribution in [0.25, 0.3) is 0 Å². The number of aryl methyl sites for hydroxylation is 1. The summed E-state index contributed by atoms with van der Waals surface area (Å²) in [6.07, 6.45) is 1.66. The first-order chi connectivity index (χ1) is 18.1. The van der Waals surface area contributed by atoms with Crippen molar-refractivity contribution in [2.75, 3.05) is 65.5 Å². The number of aromatic nitrogens is 2. The van der Waals surface area contributed by atoms with Crippen LogP contribution in [0.1, 0.15) is 5.56 Å². The highest BCUT2D eigenvalue weighted by Crippen LogP contribution is 2.40. The lowest BCUT2D eigenvalue weighted by molar-refractivity contribution is 0.0869. The molecule has 12 heteroatoms. The predicted molar refractivity (Wildman–Crippen MR) is 152 cm³/mol. The van der Waals surface area contributed by atoms with Crippen molar-refractivity contribution in [3.8, 4) is 11.5 Å². The summed E-state index contributed by atoms with van der Waals surface area (Å²) in [6.45, 7) is 6.08. The highest BCUT2D eigenvalue weighted by Gasteiger charge is 2.19. The van der Waals surface area contributed by atoms with Gasteiger partial charge in [-0.05, 0) is 57.7 Å². The molecule has 0 aliphatic rings. The first kappa shape index (κ1) is 29.0. The fraction of sp³-hybridized carbons (Fsp3) is 0.385. The van der Waals surface area contributed by atoms with Crippen LogP contribution in [-0.2, 0) is 9.30 Å². The van der Waals surface area contributed by atoms with Crippen LogP contribution in [0.5, 0.6) is 11.5 Å². The van der Waals surface area contributed by atoms with E-state index in [-0.39, 0.29) is 23.4 Å². The topological polar surface area (TPSA) is 127 Å². The van der Waals surface area contributed by atoms with Gasteiger partial charge in [0.05, 0.1) is 31.1 Å². The summed E-state index contributed by atoms with van der Waals surface area (Å²) in [5, 5.41) is 10.3. The molecule has 3 aromatic rings. The summed E-state index contributed by atoms with van der Waals surface area (Å²) in [6, 6.07) is 10.5. The number of nitrogens with zero attached hydrogens (tertiary/aromatic N) is 4. The Balaban J connectivity index is 1.88. The standard InChI is InChI=1S/C26H35N6O5P/c1-17-14-27-26(30-25(17)28-19-10-8-9-11-24(19)38(6,7)34)29-20-12-21(31-33)23(13-22(20)36-5)37-16-18(15-35-4)32(2)3/h8-14,18H,15-16H2,1-7H3,(H2,27,28,29,30). The van der Waals surface area contributed by atoms with Crippen molar-refractivity contribution in [2.45, 2.75) is 13.0 Å². The lowest BCUT2D eigenvalue weighted by Gasteiger charge is -2.24. The number of ether oxygens (including phenoxy) is 3. The number of rotatable bonds is 13. The van der Waals surface area contributed by atoms with E-state index >= 15 is 0 Å². The lowest BCUT2D eigenvalue weighted by Crippen LogP contribution is -2.37. The SMILES string of the molecule is COCC(COc1cc(OC)c(Nc2ncc(C)c(Nc3ccccc3P(C)(C)=O)n2)cc1N=O)N(C)C. The molecule has 11 nitrogen and oxygen atoms in total. The largest absolute Gasteiger partial charge is 0.494 e. The van der Waals surface area contributed by atoms with E-state index in [1.165, 1.54) is 13.2 Å². The summed E-state index contributed by atoms with van der Waals surface area (Å²) in [7, 11) is 4.46. The van der Waals surface area contributed by atoms with Gasteiger partial charge in [-0.2, -0.15) is 4.98 Å². The average molecular weight is 543 g/mol. The van der Waals surface area contributed by atoms with Crippen LogP contribution in [0, 0.1) is 11.8 Å². The van der Waals surface area contributed by atoms with Gasteiger partial charge in [-0.15, -0.1) is 4.91 Å². The molecule has 0 amide bonds. The lowest BCUT2D eigenvalue weighted by atomic mass is 10.2. The molecule has 0 bridgehead atoms. The van der Waals surface area contributed by atoms with Crippen molar-refractivity contribution in [1.82, 2.24) is 14.9 Å². The predicted octanol–water partition coefficient (Wildman–Crippen LogP) is 4.88. The van der Waals surface area contributed by atoms with E-state index in [9.17, 15) is 9.47 Å².